The van der Waals surface area contributed by atoms with Crippen LogP contribution in [0.15, 0.2) is 54.6 Å². The molecular weight excluding hydrogens is 274 g/mol. The van der Waals surface area contributed by atoms with Crippen molar-refractivity contribution in [3.63, 3.8) is 0 Å². The molecule has 1 aliphatic rings. The Morgan fingerprint density at radius 2 is 1.86 bits per heavy atom. The van der Waals surface area contributed by atoms with E-state index < -0.39 is 0 Å². The summed E-state index contributed by atoms with van der Waals surface area (Å²) < 4.78 is 5.31. The summed E-state index contributed by atoms with van der Waals surface area (Å²) >= 11 is 0. The van der Waals surface area contributed by atoms with E-state index in [-0.39, 0.29) is 11.3 Å². The van der Waals surface area contributed by atoms with Gasteiger partial charge in [0.05, 0.1) is 12.6 Å². The number of carbonyl (C=O) groups is 1. The molecule has 0 radical (unpaired) electrons. The topological polar surface area (TPSA) is 38.3 Å². The van der Waals surface area contributed by atoms with E-state index in [1.165, 1.54) is 5.56 Å². The first-order valence-electron chi connectivity index (χ1n) is 7.29. The van der Waals surface area contributed by atoms with E-state index in [1.807, 2.05) is 42.5 Å². The van der Waals surface area contributed by atoms with Gasteiger partial charge in [0.2, 0.25) is 0 Å². The molecule has 0 unspecified atom stereocenters. The Bertz CT molecular complexity index is 745. The van der Waals surface area contributed by atoms with Crippen molar-refractivity contribution in [1.29, 1.82) is 0 Å². The molecule has 3 nitrogen and oxygen atoms in total. The van der Waals surface area contributed by atoms with Crippen LogP contribution in [0.25, 0.3) is 5.70 Å². The van der Waals surface area contributed by atoms with Crippen LogP contribution in [-0.4, -0.2) is 12.9 Å². The number of fused-ring (bicyclic) bond motifs is 1. The molecule has 0 aromatic heterocycles. The Hall–Kier alpha value is -2.55. The normalized spacial score (nSPS) is 17.0. The van der Waals surface area contributed by atoms with Gasteiger partial charge in [0.15, 0.2) is 5.78 Å². The van der Waals surface area contributed by atoms with Crippen LogP contribution in [-0.2, 0) is 5.54 Å². The second-order valence-electron chi connectivity index (χ2n) is 5.95. The van der Waals surface area contributed by atoms with E-state index in [9.17, 15) is 4.79 Å². The number of methoxy groups -OCH3 is 1. The highest BCUT2D eigenvalue weighted by molar-refractivity contribution is 6.08. The van der Waals surface area contributed by atoms with Crippen molar-refractivity contribution in [3.05, 3.63) is 71.3 Å². The van der Waals surface area contributed by atoms with Gasteiger partial charge in [0.25, 0.3) is 0 Å². The number of ketones is 1. The Morgan fingerprint density at radius 1 is 1.14 bits per heavy atom. The molecule has 0 fully saturated rings. The molecule has 0 saturated heterocycles. The van der Waals surface area contributed by atoms with E-state index in [1.54, 1.807) is 13.2 Å². The third-order valence-electron chi connectivity index (χ3n) is 3.97. The van der Waals surface area contributed by atoms with E-state index >= 15 is 0 Å². The van der Waals surface area contributed by atoms with Crippen molar-refractivity contribution in [2.45, 2.75) is 19.4 Å². The summed E-state index contributed by atoms with van der Waals surface area (Å²) in [5.74, 6) is 0.783. The summed E-state index contributed by atoms with van der Waals surface area (Å²) in [4.78, 5) is 12.4. The summed E-state index contributed by atoms with van der Waals surface area (Å²) in [5.41, 5.74) is 3.51. The lowest BCUT2D eigenvalue weighted by molar-refractivity contribution is 0.104. The summed E-state index contributed by atoms with van der Waals surface area (Å²) in [6.45, 7) is 4.21. The lowest BCUT2D eigenvalue weighted by Gasteiger charge is -2.20. The fraction of sp³-hybridized carbons (Fsp3) is 0.211. The molecule has 22 heavy (non-hydrogen) atoms. The van der Waals surface area contributed by atoms with Crippen molar-refractivity contribution in [1.82, 2.24) is 5.32 Å². The third kappa shape index (κ3) is 2.50. The number of allylic oxidation sites excluding steroid dienone is 1. The molecule has 2 aromatic carbocycles. The monoisotopic (exact) mass is 293 g/mol. The third-order valence-corrected chi connectivity index (χ3v) is 3.97. The van der Waals surface area contributed by atoms with Crippen molar-refractivity contribution >= 4 is 11.5 Å². The molecular formula is C19H19NO2. The summed E-state index contributed by atoms with van der Waals surface area (Å²) in [6, 6.07) is 15.3. The van der Waals surface area contributed by atoms with Crippen molar-refractivity contribution in [2.24, 2.45) is 0 Å². The molecule has 2 aromatic rings. The molecule has 0 amide bonds. The first-order valence-corrected chi connectivity index (χ1v) is 7.29. The Kier molecular flexibility index (Phi) is 3.49. The van der Waals surface area contributed by atoms with E-state index in [0.717, 1.165) is 17.0 Å². The van der Waals surface area contributed by atoms with Gasteiger partial charge in [-0.15, -0.1) is 0 Å². The second-order valence-corrected chi connectivity index (χ2v) is 5.95. The fourth-order valence-electron chi connectivity index (χ4n) is 2.82. The Balaban J connectivity index is 2.03. The zero-order valence-corrected chi connectivity index (χ0v) is 13.0. The van der Waals surface area contributed by atoms with Gasteiger partial charge < -0.3 is 10.1 Å². The molecule has 112 valence electrons. The highest BCUT2D eigenvalue weighted by Crippen LogP contribution is 2.38. The minimum Gasteiger partial charge on any atom is -0.497 e. The van der Waals surface area contributed by atoms with Gasteiger partial charge in [-0.1, -0.05) is 36.4 Å². The molecule has 1 heterocycles. The largest absolute Gasteiger partial charge is 0.497 e. The van der Waals surface area contributed by atoms with Crippen molar-refractivity contribution in [2.75, 3.05) is 7.11 Å². The van der Waals surface area contributed by atoms with Gasteiger partial charge in [-0.25, -0.2) is 0 Å². The van der Waals surface area contributed by atoms with Gasteiger partial charge in [-0.3, -0.25) is 4.79 Å². The van der Waals surface area contributed by atoms with Gasteiger partial charge in [-0.2, -0.15) is 0 Å². The van der Waals surface area contributed by atoms with E-state index in [0.29, 0.717) is 5.56 Å². The quantitative estimate of drug-likeness (QED) is 0.692. The fourth-order valence-corrected chi connectivity index (χ4v) is 2.82. The molecule has 1 N–H and O–H groups in total. The van der Waals surface area contributed by atoms with Crippen molar-refractivity contribution in [3.8, 4) is 5.75 Å². The Morgan fingerprint density at radius 3 is 2.55 bits per heavy atom. The first-order chi connectivity index (χ1) is 10.5. The van der Waals surface area contributed by atoms with Crippen LogP contribution in [0, 0.1) is 0 Å². The minimum atomic E-state index is -0.204. The average molecular weight is 293 g/mol. The van der Waals surface area contributed by atoms with Crippen LogP contribution in [0.3, 0.4) is 0 Å². The lowest BCUT2D eigenvalue weighted by Crippen LogP contribution is -2.28. The highest BCUT2D eigenvalue weighted by atomic mass is 16.5. The summed E-state index contributed by atoms with van der Waals surface area (Å²) in [7, 11) is 1.65. The van der Waals surface area contributed by atoms with Gasteiger partial charge in [0, 0.05) is 22.9 Å². The predicted octanol–water partition coefficient (Wildman–Crippen LogP) is 3.76. The smallest absolute Gasteiger partial charge is 0.187 e. The molecule has 0 saturated carbocycles. The zero-order valence-electron chi connectivity index (χ0n) is 13.0. The molecule has 0 aliphatic carbocycles. The van der Waals surface area contributed by atoms with Crippen LogP contribution in [0.5, 0.6) is 5.75 Å². The molecule has 0 atom stereocenters. The van der Waals surface area contributed by atoms with Crippen LogP contribution < -0.4 is 10.1 Å². The molecule has 1 aliphatic heterocycles. The molecule has 0 bridgehead atoms. The SMILES string of the molecule is COc1ccc2c(c1)/C(=C/C(=O)c1ccccc1)NC2(C)C. The average Bonchev–Trinajstić information content (AvgIpc) is 2.78. The zero-order chi connectivity index (χ0) is 15.7. The minimum absolute atomic E-state index is 0.00503. The molecule has 0 spiro atoms. The number of ether oxygens (including phenoxy) is 1. The van der Waals surface area contributed by atoms with Crippen LogP contribution in [0.2, 0.25) is 0 Å². The maximum Gasteiger partial charge on any atom is 0.187 e. The summed E-state index contributed by atoms with van der Waals surface area (Å²) in [6.07, 6.45) is 1.67. The predicted molar refractivity (Wildman–Crippen MR) is 87.9 cm³/mol. The standard InChI is InChI=1S/C19H19NO2/c1-19(2)16-10-9-14(22-3)11-15(16)17(20-19)12-18(21)13-7-5-4-6-8-13/h4-12,20H,1-3H3/b17-12-. The number of benzene rings is 2. The molecule has 3 heteroatoms. The number of hydrogen-bond acceptors (Lipinski definition) is 3. The van der Waals surface area contributed by atoms with Gasteiger partial charge >= 0.3 is 0 Å². The van der Waals surface area contributed by atoms with Gasteiger partial charge in [-0.05, 0) is 31.5 Å². The number of rotatable bonds is 3. The molecule has 3 rings (SSSR count). The van der Waals surface area contributed by atoms with Crippen LogP contribution in [0.4, 0.5) is 0 Å². The maximum atomic E-state index is 12.4. The first kappa shape index (κ1) is 14.4. The van der Waals surface area contributed by atoms with Crippen LogP contribution in [0.1, 0.15) is 35.3 Å². The second kappa shape index (κ2) is 5.34. The van der Waals surface area contributed by atoms with Crippen molar-refractivity contribution < 1.29 is 9.53 Å². The summed E-state index contributed by atoms with van der Waals surface area (Å²) in [5, 5.41) is 3.43. The maximum absolute atomic E-state index is 12.4. The number of hydrogen-bond donors (Lipinski definition) is 1. The van der Waals surface area contributed by atoms with E-state index in [4.69, 9.17) is 4.74 Å². The van der Waals surface area contributed by atoms with Gasteiger partial charge in [0.1, 0.15) is 5.75 Å². The number of nitrogens with one attached hydrogen (secondary N) is 1. The van der Waals surface area contributed by atoms with E-state index in [2.05, 4.69) is 25.2 Å². The number of carbonyl (C=O) groups excluding carboxylic acids is 1. The Labute approximate surface area is 130 Å². The highest BCUT2D eigenvalue weighted by Gasteiger charge is 2.33. The van der Waals surface area contributed by atoms with Crippen LogP contribution >= 0.6 is 0 Å². The lowest BCUT2D eigenvalue weighted by atomic mass is 9.94.